The smallest absolute Gasteiger partial charge is 0.107 e. The fourth-order valence-electron chi connectivity index (χ4n) is 2.19. The van der Waals surface area contributed by atoms with Crippen LogP contribution in [0.15, 0.2) is 42.7 Å². The Balaban J connectivity index is 2.03. The van der Waals surface area contributed by atoms with Crippen LogP contribution in [0.4, 0.5) is 0 Å². The van der Waals surface area contributed by atoms with Crippen molar-refractivity contribution in [3.63, 3.8) is 0 Å². The van der Waals surface area contributed by atoms with Crippen molar-refractivity contribution in [3.8, 4) is 0 Å². The summed E-state index contributed by atoms with van der Waals surface area (Å²) in [7, 11) is 1.84. The minimum atomic E-state index is -0.653. The van der Waals surface area contributed by atoms with E-state index in [1.54, 1.807) is 10.9 Å². The fourth-order valence-corrected chi connectivity index (χ4v) is 2.19. The van der Waals surface area contributed by atoms with Crippen molar-refractivity contribution in [2.24, 2.45) is 7.05 Å². The van der Waals surface area contributed by atoms with Gasteiger partial charge in [0.2, 0.25) is 0 Å². The van der Waals surface area contributed by atoms with Gasteiger partial charge in [0, 0.05) is 29.9 Å². The highest BCUT2D eigenvalue weighted by Crippen LogP contribution is 2.24. The van der Waals surface area contributed by atoms with E-state index in [0.717, 1.165) is 27.7 Å². The van der Waals surface area contributed by atoms with Crippen LogP contribution in [0.2, 0.25) is 0 Å². The first-order valence-electron chi connectivity index (χ1n) is 6.17. The van der Waals surface area contributed by atoms with Gasteiger partial charge in [-0.25, -0.2) is 0 Å². The second-order valence-corrected chi connectivity index (χ2v) is 4.75. The molecule has 0 aliphatic rings. The van der Waals surface area contributed by atoms with Gasteiger partial charge in [0.05, 0.1) is 11.7 Å². The fraction of sp³-hybridized carbons (Fsp3) is 0.200. The van der Waals surface area contributed by atoms with Crippen LogP contribution < -0.4 is 0 Å². The molecule has 3 rings (SSSR count). The molecule has 3 aromatic rings. The molecule has 96 valence electrons. The molecule has 1 unspecified atom stereocenters. The summed E-state index contributed by atoms with van der Waals surface area (Å²) >= 11 is 0. The molecule has 4 heteroatoms. The van der Waals surface area contributed by atoms with Crippen molar-refractivity contribution < 1.29 is 5.11 Å². The van der Waals surface area contributed by atoms with Gasteiger partial charge in [-0.2, -0.15) is 5.10 Å². The van der Waals surface area contributed by atoms with Crippen molar-refractivity contribution in [2.45, 2.75) is 13.0 Å². The maximum absolute atomic E-state index is 10.3. The molecule has 19 heavy (non-hydrogen) atoms. The first-order valence-corrected chi connectivity index (χ1v) is 6.17. The lowest BCUT2D eigenvalue weighted by Gasteiger charge is -2.10. The van der Waals surface area contributed by atoms with Crippen molar-refractivity contribution in [1.82, 2.24) is 14.8 Å². The van der Waals surface area contributed by atoms with Crippen LogP contribution in [-0.2, 0) is 7.05 Å². The molecule has 0 fully saturated rings. The number of hydrogen-bond donors (Lipinski definition) is 1. The molecule has 0 saturated heterocycles. The summed E-state index contributed by atoms with van der Waals surface area (Å²) in [5, 5.41) is 15.5. The Morgan fingerprint density at radius 2 is 2.00 bits per heavy atom. The van der Waals surface area contributed by atoms with Gasteiger partial charge < -0.3 is 5.11 Å². The quantitative estimate of drug-likeness (QED) is 0.762. The van der Waals surface area contributed by atoms with Crippen molar-refractivity contribution in [3.05, 3.63) is 59.5 Å². The van der Waals surface area contributed by atoms with Crippen LogP contribution in [0, 0.1) is 6.92 Å². The third-order valence-electron chi connectivity index (χ3n) is 3.21. The minimum absolute atomic E-state index is 0.653. The predicted octanol–water partition coefficient (Wildman–Crippen LogP) is 2.36. The Morgan fingerprint density at radius 1 is 1.16 bits per heavy atom. The van der Waals surface area contributed by atoms with E-state index in [2.05, 4.69) is 10.1 Å². The number of fused-ring (bicyclic) bond motifs is 1. The SMILES string of the molecule is Cc1ccc2cc(C(O)c3cnn(C)c3)ccc2n1. The molecule has 2 heterocycles. The van der Waals surface area contributed by atoms with Crippen LogP contribution in [0.25, 0.3) is 10.9 Å². The number of hydrogen-bond acceptors (Lipinski definition) is 3. The van der Waals surface area contributed by atoms with Gasteiger partial charge in [0.25, 0.3) is 0 Å². The van der Waals surface area contributed by atoms with E-state index < -0.39 is 6.10 Å². The van der Waals surface area contributed by atoms with Gasteiger partial charge in [-0.05, 0) is 30.7 Å². The second-order valence-electron chi connectivity index (χ2n) is 4.75. The lowest BCUT2D eigenvalue weighted by molar-refractivity contribution is 0.220. The number of aliphatic hydroxyl groups is 1. The number of aliphatic hydroxyl groups excluding tert-OH is 1. The largest absolute Gasteiger partial charge is 0.384 e. The van der Waals surface area contributed by atoms with Crippen molar-refractivity contribution >= 4 is 10.9 Å². The third kappa shape index (κ3) is 2.22. The molecular formula is C15H15N3O. The number of aryl methyl sites for hydroxylation is 2. The zero-order chi connectivity index (χ0) is 13.4. The number of benzene rings is 1. The Kier molecular flexibility index (Phi) is 2.80. The first-order chi connectivity index (χ1) is 9.13. The van der Waals surface area contributed by atoms with Gasteiger partial charge in [0.1, 0.15) is 6.10 Å². The molecule has 1 atom stereocenters. The van der Waals surface area contributed by atoms with Crippen LogP contribution in [0.5, 0.6) is 0 Å². The van der Waals surface area contributed by atoms with Crippen molar-refractivity contribution in [1.29, 1.82) is 0 Å². The summed E-state index contributed by atoms with van der Waals surface area (Å²) in [6.07, 6.45) is 2.85. The molecule has 0 spiro atoms. The van der Waals surface area contributed by atoms with E-state index in [-0.39, 0.29) is 0 Å². The first kappa shape index (κ1) is 11.9. The van der Waals surface area contributed by atoms with Gasteiger partial charge in [-0.3, -0.25) is 9.67 Å². The Labute approximate surface area is 111 Å². The predicted molar refractivity (Wildman–Crippen MR) is 73.7 cm³/mol. The normalized spacial score (nSPS) is 12.8. The molecular weight excluding hydrogens is 238 g/mol. The molecule has 1 aromatic carbocycles. The van der Waals surface area contributed by atoms with E-state index in [9.17, 15) is 5.11 Å². The van der Waals surface area contributed by atoms with Crippen molar-refractivity contribution in [2.75, 3.05) is 0 Å². The van der Waals surface area contributed by atoms with Crippen LogP contribution >= 0.6 is 0 Å². The Morgan fingerprint density at radius 3 is 2.74 bits per heavy atom. The zero-order valence-electron chi connectivity index (χ0n) is 10.9. The van der Waals surface area contributed by atoms with E-state index in [1.165, 1.54) is 0 Å². The highest BCUT2D eigenvalue weighted by atomic mass is 16.3. The van der Waals surface area contributed by atoms with Crippen LogP contribution in [-0.4, -0.2) is 19.9 Å². The summed E-state index contributed by atoms with van der Waals surface area (Å²) in [5.74, 6) is 0. The number of pyridine rings is 1. The Bertz CT molecular complexity index is 733. The van der Waals surface area contributed by atoms with Gasteiger partial charge in [-0.15, -0.1) is 0 Å². The summed E-state index contributed by atoms with van der Waals surface area (Å²) in [6, 6.07) is 9.82. The molecule has 0 amide bonds. The summed E-state index contributed by atoms with van der Waals surface area (Å²) in [6.45, 7) is 1.97. The van der Waals surface area contributed by atoms with Gasteiger partial charge in [0.15, 0.2) is 0 Å². The molecule has 0 radical (unpaired) electrons. The minimum Gasteiger partial charge on any atom is -0.384 e. The van der Waals surface area contributed by atoms with Gasteiger partial charge in [-0.1, -0.05) is 12.1 Å². The highest BCUT2D eigenvalue weighted by Gasteiger charge is 2.12. The Hall–Kier alpha value is -2.20. The standard InChI is InChI=1S/C15H15N3O/c1-10-3-4-11-7-12(5-6-14(11)17-10)15(19)13-8-16-18(2)9-13/h3-9,15,19H,1-2H3. The molecule has 4 nitrogen and oxygen atoms in total. The molecule has 0 saturated carbocycles. The maximum atomic E-state index is 10.3. The summed E-state index contributed by atoms with van der Waals surface area (Å²) in [5.41, 5.74) is 3.59. The lowest BCUT2D eigenvalue weighted by Crippen LogP contribution is -1.98. The highest BCUT2D eigenvalue weighted by molar-refractivity contribution is 5.79. The number of rotatable bonds is 2. The van der Waals surface area contributed by atoms with E-state index in [1.807, 2.05) is 50.5 Å². The lowest BCUT2D eigenvalue weighted by atomic mass is 10.0. The molecule has 0 bridgehead atoms. The van der Waals surface area contributed by atoms with Gasteiger partial charge >= 0.3 is 0 Å². The monoisotopic (exact) mass is 253 g/mol. The zero-order valence-corrected chi connectivity index (χ0v) is 10.9. The number of nitrogens with zero attached hydrogens (tertiary/aromatic N) is 3. The molecule has 1 N–H and O–H groups in total. The second kappa shape index (κ2) is 4.48. The third-order valence-corrected chi connectivity index (χ3v) is 3.21. The molecule has 0 aliphatic heterocycles. The summed E-state index contributed by atoms with van der Waals surface area (Å²) in [4.78, 5) is 4.45. The average Bonchev–Trinajstić information content (AvgIpc) is 2.84. The van der Waals surface area contributed by atoms with E-state index in [0.29, 0.717) is 0 Å². The van der Waals surface area contributed by atoms with E-state index in [4.69, 9.17) is 0 Å². The average molecular weight is 253 g/mol. The number of aromatic nitrogens is 3. The topological polar surface area (TPSA) is 50.9 Å². The summed E-state index contributed by atoms with van der Waals surface area (Å²) < 4.78 is 1.69. The maximum Gasteiger partial charge on any atom is 0.107 e. The molecule has 0 aliphatic carbocycles. The van der Waals surface area contributed by atoms with Crippen LogP contribution in [0.1, 0.15) is 22.9 Å². The molecule has 2 aromatic heterocycles. The van der Waals surface area contributed by atoms with E-state index >= 15 is 0 Å². The van der Waals surface area contributed by atoms with Crippen LogP contribution in [0.3, 0.4) is 0 Å².